The Morgan fingerprint density at radius 2 is 1.81 bits per heavy atom. The van der Waals surface area contributed by atoms with Crippen LogP contribution in [0.15, 0.2) is 18.2 Å². The highest BCUT2D eigenvalue weighted by molar-refractivity contribution is 5.68. The Kier molecular flexibility index (Phi) is 6.12. The Labute approximate surface area is 161 Å². The summed E-state index contributed by atoms with van der Waals surface area (Å²) in [6.45, 7) is 9.51. The van der Waals surface area contributed by atoms with Crippen molar-refractivity contribution in [2.45, 2.75) is 52.1 Å². The van der Waals surface area contributed by atoms with Gasteiger partial charge in [0, 0.05) is 32.2 Å². The van der Waals surface area contributed by atoms with E-state index in [9.17, 15) is 9.18 Å². The molecule has 0 unspecified atom stereocenters. The van der Waals surface area contributed by atoms with Gasteiger partial charge in [0.2, 0.25) is 0 Å². The number of anilines is 1. The minimum absolute atomic E-state index is 0.227. The molecule has 0 saturated carbocycles. The van der Waals surface area contributed by atoms with Gasteiger partial charge in [-0.3, -0.25) is 0 Å². The Balaban J connectivity index is 1.51. The normalized spacial score (nSPS) is 18.7. The summed E-state index contributed by atoms with van der Waals surface area (Å²) in [6, 6.07) is 4.77. The zero-order valence-electron chi connectivity index (χ0n) is 16.7. The molecule has 2 fully saturated rings. The van der Waals surface area contributed by atoms with Gasteiger partial charge in [-0.25, -0.2) is 9.18 Å². The van der Waals surface area contributed by atoms with E-state index in [-0.39, 0.29) is 11.9 Å². The van der Waals surface area contributed by atoms with Crippen LogP contribution in [-0.2, 0) is 4.74 Å². The third-order valence-electron chi connectivity index (χ3n) is 5.11. The molecule has 1 aromatic carbocycles. The number of amides is 1. The molecule has 0 radical (unpaired) electrons. The quantitative estimate of drug-likeness (QED) is 0.776. The van der Waals surface area contributed by atoms with Gasteiger partial charge in [-0.1, -0.05) is 0 Å². The summed E-state index contributed by atoms with van der Waals surface area (Å²) in [4.78, 5) is 16.1. The Hall–Kier alpha value is -1.98. The van der Waals surface area contributed by atoms with Gasteiger partial charge >= 0.3 is 6.09 Å². The number of carbonyl (C=O) groups excluding carboxylic acids is 1. The van der Waals surface area contributed by atoms with Crippen LogP contribution in [0.3, 0.4) is 0 Å². The zero-order chi connectivity index (χ0) is 19.4. The highest BCUT2D eigenvalue weighted by Gasteiger charge is 2.27. The molecule has 27 heavy (non-hydrogen) atoms. The van der Waals surface area contributed by atoms with E-state index in [1.807, 2.05) is 20.8 Å². The summed E-state index contributed by atoms with van der Waals surface area (Å²) in [6.07, 6.45) is 3.81. The Morgan fingerprint density at radius 1 is 1.15 bits per heavy atom. The molecule has 0 spiro atoms. The second-order valence-corrected chi connectivity index (χ2v) is 8.53. The van der Waals surface area contributed by atoms with Crippen molar-refractivity contribution in [3.05, 3.63) is 24.0 Å². The van der Waals surface area contributed by atoms with Crippen LogP contribution in [0, 0.1) is 11.7 Å². The highest BCUT2D eigenvalue weighted by atomic mass is 19.1. The van der Waals surface area contributed by atoms with E-state index >= 15 is 0 Å². The largest absolute Gasteiger partial charge is 0.491 e. The standard InChI is InChI=1S/C21H31FN2O3/c1-21(2,3)27-20(25)24-12-8-16(9-13-24)15-26-19-7-6-17(22)14-18(19)23-10-4-5-11-23/h6-7,14,16H,4-5,8-13,15H2,1-3H3. The molecule has 2 heterocycles. The number of ether oxygens (including phenoxy) is 2. The maximum absolute atomic E-state index is 13.7. The number of carbonyl (C=O) groups is 1. The molecule has 2 aliphatic rings. The lowest BCUT2D eigenvalue weighted by atomic mass is 9.98. The van der Waals surface area contributed by atoms with Crippen LogP contribution in [0.2, 0.25) is 0 Å². The molecule has 1 aromatic rings. The van der Waals surface area contributed by atoms with Crippen LogP contribution >= 0.6 is 0 Å². The summed E-state index contributed by atoms with van der Waals surface area (Å²) >= 11 is 0. The molecule has 0 atom stereocenters. The molecule has 150 valence electrons. The topological polar surface area (TPSA) is 42.0 Å². The SMILES string of the molecule is CC(C)(C)OC(=O)N1CCC(COc2ccc(F)cc2N2CCCC2)CC1. The van der Waals surface area contributed by atoms with Crippen molar-refractivity contribution in [2.75, 3.05) is 37.7 Å². The van der Waals surface area contributed by atoms with E-state index in [1.165, 1.54) is 6.07 Å². The first kappa shape index (κ1) is 19.8. The van der Waals surface area contributed by atoms with Crippen molar-refractivity contribution < 1.29 is 18.7 Å². The summed E-state index contributed by atoms with van der Waals surface area (Å²) in [5.74, 6) is 0.919. The Morgan fingerprint density at radius 3 is 2.44 bits per heavy atom. The van der Waals surface area contributed by atoms with Crippen molar-refractivity contribution in [1.29, 1.82) is 0 Å². The second kappa shape index (κ2) is 8.36. The second-order valence-electron chi connectivity index (χ2n) is 8.53. The van der Waals surface area contributed by atoms with Crippen LogP contribution in [0.25, 0.3) is 0 Å². The predicted molar refractivity (Wildman–Crippen MR) is 104 cm³/mol. The smallest absolute Gasteiger partial charge is 0.410 e. The minimum Gasteiger partial charge on any atom is -0.491 e. The zero-order valence-corrected chi connectivity index (χ0v) is 16.7. The van der Waals surface area contributed by atoms with E-state index in [1.54, 1.807) is 17.0 Å². The van der Waals surface area contributed by atoms with Gasteiger partial charge in [0.15, 0.2) is 0 Å². The molecule has 5 nitrogen and oxygen atoms in total. The van der Waals surface area contributed by atoms with Gasteiger partial charge < -0.3 is 19.3 Å². The van der Waals surface area contributed by atoms with Crippen molar-refractivity contribution in [1.82, 2.24) is 4.90 Å². The van der Waals surface area contributed by atoms with Crippen molar-refractivity contribution in [2.24, 2.45) is 5.92 Å². The number of rotatable bonds is 4. The van der Waals surface area contributed by atoms with Gasteiger partial charge in [-0.05, 0) is 64.5 Å². The molecule has 2 aliphatic heterocycles. The van der Waals surface area contributed by atoms with Gasteiger partial charge in [0.05, 0.1) is 12.3 Å². The third kappa shape index (κ3) is 5.50. The molecule has 0 bridgehead atoms. The summed E-state index contributed by atoms with van der Waals surface area (Å²) in [7, 11) is 0. The van der Waals surface area contributed by atoms with E-state index in [2.05, 4.69) is 4.90 Å². The number of hydrogen-bond donors (Lipinski definition) is 0. The highest BCUT2D eigenvalue weighted by Crippen LogP contribution is 2.32. The maximum atomic E-state index is 13.7. The molecule has 2 saturated heterocycles. The monoisotopic (exact) mass is 378 g/mol. The first-order valence-corrected chi connectivity index (χ1v) is 9.97. The molecular formula is C21H31FN2O3. The average molecular weight is 378 g/mol. The summed E-state index contributed by atoms with van der Waals surface area (Å²) < 4.78 is 25.2. The van der Waals surface area contributed by atoms with E-state index in [0.29, 0.717) is 25.6 Å². The van der Waals surface area contributed by atoms with Gasteiger partial charge in [-0.15, -0.1) is 0 Å². The lowest BCUT2D eigenvalue weighted by Crippen LogP contribution is -2.42. The van der Waals surface area contributed by atoms with Crippen LogP contribution < -0.4 is 9.64 Å². The van der Waals surface area contributed by atoms with Crippen LogP contribution in [0.4, 0.5) is 14.9 Å². The number of piperidine rings is 1. The molecule has 0 N–H and O–H groups in total. The number of nitrogens with zero attached hydrogens (tertiary/aromatic N) is 2. The fraction of sp³-hybridized carbons (Fsp3) is 0.667. The molecule has 0 aromatic heterocycles. The fourth-order valence-electron chi connectivity index (χ4n) is 3.63. The maximum Gasteiger partial charge on any atom is 0.410 e. The molecular weight excluding hydrogens is 347 g/mol. The first-order valence-electron chi connectivity index (χ1n) is 9.97. The summed E-state index contributed by atoms with van der Waals surface area (Å²) in [5.41, 5.74) is 0.393. The van der Waals surface area contributed by atoms with Crippen molar-refractivity contribution in [3.8, 4) is 5.75 Å². The summed E-state index contributed by atoms with van der Waals surface area (Å²) in [5, 5.41) is 0. The van der Waals surface area contributed by atoms with Gasteiger partial charge in [-0.2, -0.15) is 0 Å². The lowest BCUT2D eigenvalue weighted by Gasteiger charge is -2.33. The van der Waals surface area contributed by atoms with E-state index in [4.69, 9.17) is 9.47 Å². The number of likely N-dealkylation sites (tertiary alicyclic amines) is 1. The minimum atomic E-state index is -0.467. The third-order valence-corrected chi connectivity index (χ3v) is 5.11. The van der Waals surface area contributed by atoms with E-state index < -0.39 is 5.60 Å². The van der Waals surface area contributed by atoms with Crippen molar-refractivity contribution >= 4 is 11.8 Å². The lowest BCUT2D eigenvalue weighted by molar-refractivity contribution is 0.0165. The van der Waals surface area contributed by atoms with Gasteiger partial charge in [0.1, 0.15) is 17.2 Å². The Bertz CT molecular complexity index is 645. The van der Waals surface area contributed by atoms with Crippen LogP contribution in [0.5, 0.6) is 5.75 Å². The molecule has 6 heteroatoms. The molecule has 1 amide bonds. The first-order chi connectivity index (χ1) is 12.8. The molecule has 0 aliphatic carbocycles. The van der Waals surface area contributed by atoms with Gasteiger partial charge in [0.25, 0.3) is 0 Å². The predicted octanol–water partition coefficient (Wildman–Crippen LogP) is 4.45. The molecule has 3 rings (SSSR count). The fourth-order valence-corrected chi connectivity index (χ4v) is 3.63. The van der Waals surface area contributed by atoms with Crippen molar-refractivity contribution in [3.63, 3.8) is 0 Å². The number of halogens is 1. The van der Waals surface area contributed by atoms with E-state index in [0.717, 1.165) is 50.2 Å². The van der Waals surface area contributed by atoms with Crippen LogP contribution in [0.1, 0.15) is 46.5 Å². The average Bonchev–Trinajstić information content (AvgIpc) is 3.14. The number of hydrogen-bond acceptors (Lipinski definition) is 4. The van der Waals surface area contributed by atoms with Crippen LogP contribution in [-0.4, -0.2) is 49.4 Å². The number of benzene rings is 1.